The van der Waals surface area contributed by atoms with Crippen LogP contribution in [0.3, 0.4) is 0 Å². The van der Waals surface area contributed by atoms with Crippen molar-refractivity contribution in [2.45, 2.75) is 32.7 Å². The molecule has 0 aliphatic rings. The first-order chi connectivity index (χ1) is 8.13. The average molecular weight is 260 g/mol. The Bertz CT molecular complexity index is 346. The number of hydrogen-bond acceptors (Lipinski definition) is 2. The molecule has 2 nitrogen and oxygen atoms in total. The van der Waals surface area contributed by atoms with Crippen molar-refractivity contribution in [3.05, 3.63) is 29.0 Å². The first-order valence-electron chi connectivity index (χ1n) is 5.94. The van der Waals surface area contributed by atoms with Gasteiger partial charge in [0.1, 0.15) is 18.2 Å². The van der Waals surface area contributed by atoms with Gasteiger partial charge < -0.3 is 10.1 Å². The minimum absolute atomic E-state index is 0.312. The van der Waals surface area contributed by atoms with Crippen LogP contribution < -0.4 is 10.1 Å². The molecular weight excluding hydrogens is 241 g/mol. The van der Waals surface area contributed by atoms with Crippen LogP contribution in [0.25, 0.3) is 0 Å². The molecule has 4 heteroatoms. The van der Waals surface area contributed by atoms with Gasteiger partial charge in [0.05, 0.1) is 5.02 Å². The molecule has 1 rings (SSSR count). The van der Waals surface area contributed by atoms with Crippen LogP contribution in [0.1, 0.15) is 26.7 Å². The molecule has 0 aliphatic heterocycles. The molecule has 0 amide bonds. The van der Waals surface area contributed by atoms with Gasteiger partial charge in [0.25, 0.3) is 0 Å². The van der Waals surface area contributed by atoms with Crippen molar-refractivity contribution >= 4 is 11.6 Å². The third-order valence-electron chi connectivity index (χ3n) is 2.47. The molecule has 0 aromatic heterocycles. The van der Waals surface area contributed by atoms with Crippen molar-refractivity contribution in [2.75, 3.05) is 13.2 Å². The second-order valence-corrected chi connectivity index (χ2v) is 4.47. The van der Waals surface area contributed by atoms with Crippen molar-refractivity contribution in [2.24, 2.45) is 0 Å². The Labute approximate surface area is 107 Å². The zero-order valence-electron chi connectivity index (χ0n) is 10.3. The van der Waals surface area contributed by atoms with E-state index in [-0.39, 0.29) is 5.82 Å². The second kappa shape index (κ2) is 7.51. The van der Waals surface area contributed by atoms with Crippen molar-refractivity contribution in [3.8, 4) is 5.75 Å². The van der Waals surface area contributed by atoms with E-state index in [1.54, 1.807) is 6.07 Å². The maximum Gasteiger partial charge on any atom is 0.138 e. The number of ether oxygens (including phenoxy) is 1. The highest BCUT2D eigenvalue weighted by Gasteiger charge is 2.03. The highest BCUT2D eigenvalue weighted by atomic mass is 35.5. The fraction of sp³-hybridized carbons (Fsp3) is 0.538. The van der Waals surface area contributed by atoms with Crippen molar-refractivity contribution in [1.82, 2.24) is 5.32 Å². The molecule has 1 N–H and O–H groups in total. The zero-order chi connectivity index (χ0) is 12.7. The van der Waals surface area contributed by atoms with Gasteiger partial charge in [-0.15, -0.1) is 0 Å². The van der Waals surface area contributed by atoms with Crippen molar-refractivity contribution in [1.29, 1.82) is 0 Å². The van der Waals surface area contributed by atoms with E-state index in [0.717, 1.165) is 13.0 Å². The van der Waals surface area contributed by atoms with Crippen LogP contribution in [-0.4, -0.2) is 19.2 Å². The summed E-state index contributed by atoms with van der Waals surface area (Å²) in [6, 6.07) is 4.64. The number of nitrogens with one attached hydrogen (secondary N) is 1. The van der Waals surface area contributed by atoms with Crippen LogP contribution in [0, 0.1) is 5.82 Å². The third-order valence-corrected chi connectivity index (χ3v) is 2.76. The van der Waals surface area contributed by atoms with E-state index in [2.05, 4.69) is 19.2 Å². The molecule has 0 saturated heterocycles. The Balaban J connectivity index is 2.26. The van der Waals surface area contributed by atoms with Gasteiger partial charge in [0.15, 0.2) is 0 Å². The van der Waals surface area contributed by atoms with E-state index in [1.165, 1.54) is 18.6 Å². The molecule has 0 bridgehead atoms. The molecule has 1 atom stereocenters. The molecule has 1 aromatic rings. The molecule has 0 heterocycles. The highest BCUT2D eigenvalue weighted by Crippen LogP contribution is 2.24. The summed E-state index contributed by atoms with van der Waals surface area (Å²) in [4.78, 5) is 0. The van der Waals surface area contributed by atoms with E-state index in [9.17, 15) is 4.39 Å². The van der Waals surface area contributed by atoms with Gasteiger partial charge in [-0.3, -0.25) is 0 Å². The fourth-order valence-corrected chi connectivity index (χ4v) is 1.82. The normalized spacial score (nSPS) is 12.5. The summed E-state index contributed by atoms with van der Waals surface area (Å²) >= 11 is 5.84. The molecule has 0 radical (unpaired) electrons. The quantitative estimate of drug-likeness (QED) is 0.755. The Morgan fingerprint density at radius 3 is 2.88 bits per heavy atom. The van der Waals surface area contributed by atoms with Gasteiger partial charge in [-0.05, 0) is 31.5 Å². The van der Waals surface area contributed by atoms with Crippen molar-refractivity contribution in [3.63, 3.8) is 0 Å². The molecule has 96 valence electrons. The van der Waals surface area contributed by atoms with Crippen LogP contribution in [0.2, 0.25) is 5.02 Å². The summed E-state index contributed by atoms with van der Waals surface area (Å²) < 4.78 is 18.2. The highest BCUT2D eigenvalue weighted by molar-refractivity contribution is 6.32. The van der Waals surface area contributed by atoms with E-state index in [4.69, 9.17) is 16.3 Å². The minimum atomic E-state index is -0.350. The topological polar surface area (TPSA) is 21.3 Å². The lowest BCUT2D eigenvalue weighted by molar-refractivity contribution is 0.304. The van der Waals surface area contributed by atoms with Crippen LogP contribution >= 0.6 is 11.6 Å². The summed E-state index contributed by atoms with van der Waals surface area (Å²) in [5.74, 6) is 0.176. The monoisotopic (exact) mass is 259 g/mol. The Morgan fingerprint density at radius 2 is 2.24 bits per heavy atom. The molecular formula is C13H19ClFNO. The predicted molar refractivity (Wildman–Crippen MR) is 69.3 cm³/mol. The summed E-state index contributed by atoms with van der Waals surface area (Å²) in [6.45, 7) is 5.59. The van der Waals surface area contributed by atoms with Gasteiger partial charge in [-0.25, -0.2) is 4.39 Å². The summed E-state index contributed by atoms with van der Waals surface area (Å²) in [7, 11) is 0. The number of hydrogen-bond donors (Lipinski definition) is 1. The van der Waals surface area contributed by atoms with Gasteiger partial charge >= 0.3 is 0 Å². The molecule has 0 aliphatic carbocycles. The molecule has 1 aromatic carbocycles. The van der Waals surface area contributed by atoms with Gasteiger partial charge in [0.2, 0.25) is 0 Å². The smallest absolute Gasteiger partial charge is 0.138 e. The average Bonchev–Trinajstić information content (AvgIpc) is 2.27. The molecule has 0 fully saturated rings. The predicted octanol–water partition coefficient (Wildman–Crippen LogP) is 3.64. The zero-order valence-corrected chi connectivity index (χ0v) is 11.1. The van der Waals surface area contributed by atoms with Crippen molar-refractivity contribution < 1.29 is 9.13 Å². The SMILES string of the molecule is CCCC(C)NCCOc1ccc(F)cc1Cl. The minimum Gasteiger partial charge on any atom is -0.491 e. The van der Waals surface area contributed by atoms with Gasteiger partial charge in [-0.2, -0.15) is 0 Å². The number of halogens is 2. The molecule has 0 spiro atoms. The fourth-order valence-electron chi connectivity index (χ4n) is 1.59. The first kappa shape index (κ1) is 14.3. The van der Waals surface area contributed by atoms with Crippen LogP contribution in [0.15, 0.2) is 18.2 Å². The Kier molecular flexibility index (Phi) is 6.30. The Morgan fingerprint density at radius 1 is 1.47 bits per heavy atom. The maximum atomic E-state index is 12.8. The largest absolute Gasteiger partial charge is 0.491 e. The molecule has 1 unspecified atom stereocenters. The lowest BCUT2D eigenvalue weighted by Crippen LogP contribution is -2.29. The second-order valence-electron chi connectivity index (χ2n) is 4.07. The van der Waals surface area contributed by atoms with Crippen LogP contribution in [-0.2, 0) is 0 Å². The van der Waals surface area contributed by atoms with E-state index in [1.807, 2.05) is 0 Å². The molecule has 0 saturated carbocycles. The number of rotatable bonds is 7. The van der Waals surface area contributed by atoms with Gasteiger partial charge in [0, 0.05) is 12.6 Å². The summed E-state index contributed by atoms with van der Waals surface area (Å²) in [5.41, 5.74) is 0. The van der Waals surface area contributed by atoms with Gasteiger partial charge in [-0.1, -0.05) is 24.9 Å². The summed E-state index contributed by atoms with van der Waals surface area (Å²) in [5, 5.41) is 3.65. The van der Waals surface area contributed by atoms with E-state index < -0.39 is 0 Å². The van der Waals surface area contributed by atoms with Crippen LogP contribution in [0.4, 0.5) is 4.39 Å². The Hall–Kier alpha value is -0.800. The van der Waals surface area contributed by atoms with Crippen LogP contribution in [0.5, 0.6) is 5.75 Å². The summed E-state index contributed by atoms with van der Waals surface area (Å²) in [6.07, 6.45) is 2.32. The lowest BCUT2D eigenvalue weighted by atomic mass is 10.2. The first-order valence-corrected chi connectivity index (χ1v) is 6.32. The standard InChI is InChI=1S/C13H19ClFNO/c1-3-4-10(2)16-7-8-17-13-6-5-11(15)9-12(13)14/h5-6,9-10,16H,3-4,7-8H2,1-2H3. The van der Waals surface area contributed by atoms with E-state index >= 15 is 0 Å². The van der Waals surface area contributed by atoms with E-state index in [0.29, 0.717) is 23.4 Å². The number of benzene rings is 1. The maximum absolute atomic E-state index is 12.8. The molecule has 17 heavy (non-hydrogen) atoms. The lowest BCUT2D eigenvalue weighted by Gasteiger charge is -2.13. The third kappa shape index (κ3) is 5.37.